The molecule has 2 heterocycles. The predicted molar refractivity (Wildman–Crippen MR) is 101 cm³/mol. The van der Waals surface area contributed by atoms with Gasteiger partial charge in [0.25, 0.3) is 11.5 Å². The van der Waals surface area contributed by atoms with E-state index in [1.165, 1.54) is 5.56 Å². The van der Waals surface area contributed by atoms with Crippen LogP contribution in [-0.4, -0.2) is 33.4 Å². The number of aromatic amines is 1. The van der Waals surface area contributed by atoms with Gasteiger partial charge in [-0.1, -0.05) is 42.5 Å². The van der Waals surface area contributed by atoms with E-state index in [1.807, 2.05) is 35.2 Å². The molecular weight excluding hydrogens is 326 g/mol. The van der Waals surface area contributed by atoms with E-state index in [2.05, 4.69) is 22.1 Å². The van der Waals surface area contributed by atoms with Crippen LogP contribution in [0.5, 0.6) is 0 Å². The summed E-state index contributed by atoms with van der Waals surface area (Å²) in [5, 5.41) is 0. The van der Waals surface area contributed by atoms with E-state index in [0.29, 0.717) is 17.6 Å². The van der Waals surface area contributed by atoms with Crippen LogP contribution in [0.15, 0.2) is 59.4 Å². The molecule has 0 bridgehead atoms. The number of para-hydroxylation sites is 2. The summed E-state index contributed by atoms with van der Waals surface area (Å²) in [5.41, 5.74) is 2.14. The van der Waals surface area contributed by atoms with Crippen molar-refractivity contribution >= 4 is 16.9 Å². The van der Waals surface area contributed by atoms with Crippen molar-refractivity contribution in [2.75, 3.05) is 6.54 Å². The Morgan fingerprint density at radius 1 is 1.12 bits per heavy atom. The molecule has 4 rings (SSSR count). The largest absolute Gasteiger partial charge is 0.334 e. The molecule has 1 fully saturated rings. The molecule has 26 heavy (non-hydrogen) atoms. The van der Waals surface area contributed by atoms with Crippen LogP contribution in [0, 0.1) is 0 Å². The maximum atomic E-state index is 13.0. The van der Waals surface area contributed by atoms with Gasteiger partial charge in [-0.05, 0) is 43.4 Å². The topological polar surface area (TPSA) is 66.1 Å². The minimum Gasteiger partial charge on any atom is -0.334 e. The first-order chi connectivity index (χ1) is 12.7. The number of nitrogens with one attached hydrogen (secondary N) is 1. The van der Waals surface area contributed by atoms with Gasteiger partial charge >= 0.3 is 0 Å². The molecule has 1 aliphatic rings. The molecule has 1 saturated heterocycles. The molecule has 0 saturated carbocycles. The normalized spacial score (nSPS) is 16.9. The Morgan fingerprint density at radius 3 is 2.73 bits per heavy atom. The molecule has 0 radical (unpaired) electrons. The molecule has 1 atom stereocenters. The Labute approximate surface area is 151 Å². The standard InChI is InChI=1S/C21H21N3O2/c25-20-19(22-17-10-4-5-11-18(17)23-20)21(26)24-14-6-9-16(24)13-12-15-7-2-1-3-8-15/h1-5,7-8,10-11,16H,6,9,12-14H2,(H,23,25)/t16-/m1/s1. The Kier molecular flexibility index (Phi) is 4.52. The highest BCUT2D eigenvalue weighted by molar-refractivity contribution is 5.94. The van der Waals surface area contributed by atoms with Gasteiger partial charge in [0.15, 0.2) is 5.69 Å². The number of amides is 1. The first-order valence-corrected chi connectivity index (χ1v) is 9.06. The monoisotopic (exact) mass is 347 g/mol. The number of hydrogen-bond donors (Lipinski definition) is 1. The average molecular weight is 347 g/mol. The minimum absolute atomic E-state index is 0.00434. The smallest absolute Gasteiger partial charge is 0.280 e. The summed E-state index contributed by atoms with van der Waals surface area (Å²) in [6, 6.07) is 17.7. The Balaban J connectivity index is 1.55. The first kappa shape index (κ1) is 16.5. The molecular formula is C21H21N3O2. The van der Waals surface area contributed by atoms with Gasteiger partial charge in [-0.15, -0.1) is 0 Å². The molecule has 3 aromatic rings. The highest BCUT2D eigenvalue weighted by Crippen LogP contribution is 2.23. The van der Waals surface area contributed by atoms with Gasteiger partial charge < -0.3 is 9.88 Å². The van der Waals surface area contributed by atoms with Crippen molar-refractivity contribution in [2.24, 2.45) is 0 Å². The van der Waals surface area contributed by atoms with Gasteiger partial charge in [0.1, 0.15) is 0 Å². The molecule has 0 spiro atoms. The summed E-state index contributed by atoms with van der Waals surface area (Å²) in [6.45, 7) is 0.687. The second kappa shape index (κ2) is 7.12. The van der Waals surface area contributed by atoms with Crippen LogP contribution >= 0.6 is 0 Å². The van der Waals surface area contributed by atoms with Crippen molar-refractivity contribution < 1.29 is 4.79 Å². The number of aromatic nitrogens is 2. The molecule has 1 aromatic heterocycles. The molecule has 132 valence electrons. The van der Waals surface area contributed by atoms with Crippen molar-refractivity contribution in [1.82, 2.24) is 14.9 Å². The molecule has 1 amide bonds. The van der Waals surface area contributed by atoms with Gasteiger partial charge in [0.05, 0.1) is 11.0 Å². The number of fused-ring (bicyclic) bond motifs is 1. The van der Waals surface area contributed by atoms with E-state index in [0.717, 1.165) is 25.7 Å². The van der Waals surface area contributed by atoms with E-state index < -0.39 is 5.56 Å². The lowest BCUT2D eigenvalue weighted by molar-refractivity contribution is 0.0723. The maximum Gasteiger partial charge on any atom is 0.280 e. The number of nitrogens with zero attached hydrogens (tertiary/aromatic N) is 2. The van der Waals surface area contributed by atoms with Gasteiger partial charge in [0.2, 0.25) is 0 Å². The molecule has 2 aromatic carbocycles. The summed E-state index contributed by atoms with van der Waals surface area (Å²) in [5.74, 6) is -0.257. The zero-order valence-electron chi connectivity index (χ0n) is 14.5. The highest BCUT2D eigenvalue weighted by atomic mass is 16.2. The zero-order valence-corrected chi connectivity index (χ0v) is 14.5. The fraction of sp³-hybridized carbons (Fsp3) is 0.286. The number of H-pyrrole nitrogens is 1. The van der Waals surface area contributed by atoms with Crippen LogP contribution in [0.25, 0.3) is 11.0 Å². The van der Waals surface area contributed by atoms with E-state index in [9.17, 15) is 9.59 Å². The van der Waals surface area contributed by atoms with E-state index in [1.54, 1.807) is 12.1 Å². The lowest BCUT2D eigenvalue weighted by atomic mass is 10.0. The van der Waals surface area contributed by atoms with Gasteiger partial charge in [-0.25, -0.2) is 4.98 Å². The summed E-state index contributed by atoms with van der Waals surface area (Å²) in [4.78, 5) is 34.3. The maximum absolute atomic E-state index is 13.0. The second-order valence-corrected chi connectivity index (χ2v) is 6.75. The van der Waals surface area contributed by atoms with Crippen LogP contribution in [0.3, 0.4) is 0 Å². The van der Waals surface area contributed by atoms with E-state index in [4.69, 9.17) is 0 Å². The number of carbonyl (C=O) groups is 1. The minimum atomic E-state index is -0.414. The Morgan fingerprint density at radius 2 is 1.88 bits per heavy atom. The van der Waals surface area contributed by atoms with Crippen molar-refractivity contribution in [3.63, 3.8) is 0 Å². The van der Waals surface area contributed by atoms with E-state index >= 15 is 0 Å². The number of aryl methyl sites for hydroxylation is 1. The van der Waals surface area contributed by atoms with Crippen molar-refractivity contribution in [2.45, 2.75) is 31.7 Å². The fourth-order valence-electron chi connectivity index (χ4n) is 3.69. The Hall–Kier alpha value is -2.95. The number of hydrogen-bond acceptors (Lipinski definition) is 3. The Bertz CT molecular complexity index is 981. The van der Waals surface area contributed by atoms with Gasteiger partial charge in [0, 0.05) is 12.6 Å². The molecule has 5 nitrogen and oxygen atoms in total. The third-order valence-corrected chi connectivity index (χ3v) is 5.05. The van der Waals surface area contributed by atoms with Gasteiger partial charge in [-0.3, -0.25) is 9.59 Å². The quantitative estimate of drug-likeness (QED) is 0.788. The van der Waals surface area contributed by atoms with Crippen molar-refractivity contribution in [1.29, 1.82) is 0 Å². The lowest BCUT2D eigenvalue weighted by Gasteiger charge is -2.24. The first-order valence-electron chi connectivity index (χ1n) is 9.06. The van der Waals surface area contributed by atoms with Crippen LogP contribution in [0.2, 0.25) is 0 Å². The number of benzene rings is 2. The summed E-state index contributed by atoms with van der Waals surface area (Å²) in [6.07, 6.45) is 3.78. The number of carbonyl (C=O) groups excluding carboxylic acids is 1. The third-order valence-electron chi connectivity index (χ3n) is 5.05. The summed E-state index contributed by atoms with van der Waals surface area (Å²) < 4.78 is 0. The summed E-state index contributed by atoms with van der Waals surface area (Å²) in [7, 11) is 0. The molecule has 0 unspecified atom stereocenters. The van der Waals surface area contributed by atoms with Crippen LogP contribution in [-0.2, 0) is 6.42 Å². The number of likely N-dealkylation sites (tertiary alicyclic amines) is 1. The highest BCUT2D eigenvalue weighted by Gasteiger charge is 2.31. The van der Waals surface area contributed by atoms with Crippen LogP contribution < -0.4 is 5.56 Å². The van der Waals surface area contributed by atoms with Gasteiger partial charge in [-0.2, -0.15) is 0 Å². The van der Waals surface area contributed by atoms with E-state index in [-0.39, 0.29) is 17.6 Å². The molecule has 5 heteroatoms. The van der Waals surface area contributed by atoms with Crippen molar-refractivity contribution in [3.8, 4) is 0 Å². The average Bonchev–Trinajstić information content (AvgIpc) is 3.15. The summed E-state index contributed by atoms with van der Waals surface area (Å²) >= 11 is 0. The fourth-order valence-corrected chi connectivity index (χ4v) is 3.69. The lowest BCUT2D eigenvalue weighted by Crippen LogP contribution is -2.39. The molecule has 0 aliphatic carbocycles. The SMILES string of the molecule is O=C(c1nc2ccccc2[nH]c1=O)N1CCC[C@@H]1CCc1ccccc1. The third kappa shape index (κ3) is 3.25. The molecule has 1 aliphatic heterocycles. The number of rotatable bonds is 4. The predicted octanol–water partition coefficient (Wildman–Crippen LogP) is 3.16. The van der Waals surface area contributed by atoms with Crippen LogP contribution in [0.4, 0.5) is 0 Å². The zero-order chi connectivity index (χ0) is 17.9. The van der Waals surface area contributed by atoms with Crippen LogP contribution in [0.1, 0.15) is 35.3 Å². The van der Waals surface area contributed by atoms with Crippen molar-refractivity contribution in [3.05, 3.63) is 76.2 Å². The molecule has 1 N–H and O–H groups in total. The second-order valence-electron chi connectivity index (χ2n) is 6.75.